The van der Waals surface area contributed by atoms with Crippen LogP contribution >= 0.6 is 0 Å². The Morgan fingerprint density at radius 2 is 1.62 bits per heavy atom. The predicted molar refractivity (Wildman–Crippen MR) is 89.3 cm³/mol. The summed E-state index contributed by atoms with van der Waals surface area (Å²) >= 11 is 0. The number of nitrogens with two attached hydrogens (primary N) is 4. The summed E-state index contributed by atoms with van der Waals surface area (Å²) in [4.78, 5) is 42.6. The molecule has 0 fully saturated rings. The Balaban J connectivity index is 4.93. The Labute approximate surface area is 139 Å². The van der Waals surface area contributed by atoms with Crippen LogP contribution in [0.2, 0.25) is 0 Å². The van der Waals surface area contributed by atoms with Gasteiger partial charge in [-0.2, -0.15) is 0 Å². The standard InChI is InChI=1S/C12H25N9O3/c1-6(22)19-8(21-12(15)16)10(24)20-7(9(23)17-2)4-3-5-18-11(13)14/h7-8H,3-5H2,1-2H3,(H,17,23)(H,19,22)(H,20,24)(H4,13,14,18)(H4,15,16,21). The van der Waals surface area contributed by atoms with Crippen LogP contribution in [0.25, 0.3) is 0 Å². The molecule has 12 heteroatoms. The highest BCUT2D eigenvalue weighted by molar-refractivity contribution is 5.93. The molecule has 0 saturated heterocycles. The summed E-state index contributed by atoms with van der Waals surface area (Å²) in [5.74, 6) is -2.10. The summed E-state index contributed by atoms with van der Waals surface area (Å²) in [6, 6.07) is -0.859. The number of nitrogens with zero attached hydrogens (tertiary/aromatic N) is 2. The molecule has 0 aliphatic carbocycles. The van der Waals surface area contributed by atoms with Gasteiger partial charge < -0.3 is 38.9 Å². The number of hydrogen-bond acceptors (Lipinski definition) is 5. The van der Waals surface area contributed by atoms with Gasteiger partial charge in [0.2, 0.25) is 18.0 Å². The molecule has 11 N–H and O–H groups in total. The van der Waals surface area contributed by atoms with E-state index in [2.05, 4.69) is 25.9 Å². The van der Waals surface area contributed by atoms with Crippen LogP contribution in [0, 0.1) is 0 Å². The van der Waals surface area contributed by atoms with Gasteiger partial charge in [0.1, 0.15) is 6.04 Å². The van der Waals surface area contributed by atoms with Gasteiger partial charge in [-0.15, -0.1) is 0 Å². The van der Waals surface area contributed by atoms with Crippen LogP contribution in [-0.4, -0.2) is 55.4 Å². The van der Waals surface area contributed by atoms with E-state index in [0.717, 1.165) is 0 Å². The van der Waals surface area contributed by atoms with Gasteiger partial charge in [-0.1, -0.05) is 0 Å². The molecular weight excluding hydrogens is 318 g/mol. The van der Waals surface area contributed by atoms with Crippen LogP contribution in [0.15, 0.2) is 9.98 Å². The van der Waals surface area contributed by atoms with E-state index in [1.807, 2.05) is 0 Å². The monoisotopic (exact) mass is 343 g/mol. The zero-order chi connectivity index (χ0) is 18.7. The van der Waals surface area contributed by atoms with Crippen molar-refractivity contribution in [3.63, 3.8) is 0 Å². The molecule has 0 aliphatic heterocycles. The van der Waals surface area contributed by atoms with E-state index in [-0.39, 0.29) is 18.3 Å². The minimum absolute atomic E-state index is 0.0611. The fourth-order valence-electron chi connectivity index (χ4n) is 1.70. The lowest BCUT2D eigenvalue weighted by atomic mass is 10.1. The molecule has 2 unspecified atom stereocenters. The molecular formula is C12H25N9O3. The van der Waals surface area contributed by atoms with Crippen molar-refractivity contribution in [2.75, 3.05) is 13.6 Å². The van der Waals surface area contributed by atoms with Gasteiger partial charge in [0.25, 0.3) is 5.91 Å². The Kier molecular flexibility index (Phi) is 9.29. The van der Waals surface area contributed by atoms with E-state index >= 15 is 0 Å². The van der Waals surface area contributed by atoms with Crippen LogP contribution in [0.1, 0.15) is 19.8 Å². The highest BCUT2D eigenvalue weighted by Gasteiger charge is 2.25. The van der Waals surface area contributed by atoms with Crippen LogP contribution in [0.3, 0.4) is 0 Å². The zero-order valence-corrected chi connectivity index (χ0v) is 13.7. The van der Waals surface area contributed by atoms with E-state index in [1.165, 1.54) is 14.0 Å². The highest BCUT2D eigenvalue weighted by atomic mass is 16.2. The number of aliphatic imine (C=N–C) groups is 2. The first-order valence-corrected chi connectivity index (χ1v) is 7.10. The number of likely N-dealkylation sites (N-methyl/N-ethyl adjacent to an activating group) is 1. The minimum atomic E-state index is -1.34. The molecule has 12 nitrogen and oxygen atoms in total. The van der Waals surface area contributed by atoms with E-state index in [4.69, 9.17) is 22.9 Å². The third-order valence-electron chi connectivity index (χ3n) is 2.69. The summed E-state index contributed by atoms with van der Waals surface area (Å²) in [5.41, 5.74) is 20.9. The van der Waals surface area contributed by atoms with Crippen molar-refractivity contribution in [2.24, 2.45) is 32.9 Å². The Morgan fingerprint density at radius 1 is 1.00 bits per heavy atom. The molecule has 0 rings (SSSR count). The van der Waals surface area contributed by atoms with Crippen LogP contribution in [-0.2, 0) is 14.4 Å². The lowest BCUT2D eigenvalue weighted by Gasteiger charge is -2.20. The van der Waals surface area contributed by atoms with E-state index in [1.54, 1.807) is 0 Å². The lowest BCUT2D eigenvalue weighted by molar-refractivity contribution is -0.131. The molecule has 2 atom stereocenters. The molecule has 0 heterocycles. The second-order valence-corrected chi connectivity index (χ2v) is 4.78. The summed E-state index contributed by atoms with van der Waals surface area (Å²) in [7, 11) is 1.43. The van der Waals surface area contributed by atoms with Crippen molar-refractivity contribution in [1.82, 2.24) is 16.0 Å². The van der Waals surface area contributed by atoms with E-state index in [9.17, 15) is 14.4 Å². The molecule has 0 aliphatic rings. The van der Waals surface area contributed by atoms with Crippen molar-refractivity contribution >= 4 is 29.6 Å². The second-order valence-electron chi connectivity index (χ2n) is 4.78. The molecule has 24 heavy (non-hydrogen) atoms. The van der Waals surface area contributed by atoms with Crippen molar-refractivity contribution < 1.29 is 14.4 Å². The van der Waals surface area contributed by atoms with Gasteiger partial charge in [0.05, 0.1) is 0 Å². The average molecular weight is 343 g/mol. The smallest absolute Gasteiger partial charge is 0.266 e. The summed E-state index contributed by atoms with van der Waals surface area (Å²) < 4.78 is 0. The van der Waals surface area contributed by atoms with Crippen molar-refractivity contribution in [1.29, 1.82) is 0 Å². The number of guanidine groups is 2. The largest absolute Gasteiger partial charge is 0.370 e. The van der Waals surface area contributed by atoms with E-state index in [0.29, 0.717) is 13.0 Å². The van der Waals surface area contributed by atoms with Crippen LogP contribution in [0.5, 0.6) is 0 Å². The number of carbonyl (C=O) groups excluding carboxylic acids is 3. The zero-order valence-electron chi connectivity index (χ0n) is 13.7. The maximum absolute atomic E-state index is 12.2. The maximum Gasteiger partial charge on any atom is 0.266 e. The van der Waals surface area contributed by atoms with Gasteiger partial charge in [-0.25, -0.2) is 4.99 Å². The lowest BCUT2D eigenvalue weighted by Crippen LogP contribution is -2.53. The molecule has 0 radical (unpaired) electrons. The Hall–Kier alpha value is -3.05. The second kappa shape index (κ2) is 10.6. The molecule has 0 aromatic heterocycles. The number of amides is 3. The Morgan fingerprint density at radius 3 is 2.08 bits per heavy atom. The molecule has 0 saturated carbocycles. The first-order chi connectivity index (χ1) is 11.2. The SMILES string of the molecule is CNC(=O)C(CCCN=C(N)N)NC(=O)C(N=C(N)N)NC(C)=O. The molecule has 0 aromatic carbocycles. The summed E-state index contributed by atoms with van der Waals surface area (Å²) in [6.45, 7) is 1.50. The maximum atomic E-state index is 12.2. The van der Waals surface area contributed by atoms with Crippen molar-refractivity contribution in [2.45, 2.75) is 32.0 Å². The highest BCUT2D eigenvalue weighted by Crippen LogP contribution is 2.00. The first kappa shape index (κ1) is 20.9. The number of nitrogens with one attached hydrogen (secondary N) is 3. The quantitative estimate of drug-likeness (QED) is 0.125. The van der Waals surface area contributed by atoms with E-state index < -0.39 is 29.9 Å². The van der Waals surface area contributed by atoms with Crippen molar-refractivity contribution in [3.8, 4) is 0 Å². The number of rotatable bonds is 9. The van der Waals surface area contributed by atoms with Gasteiger partial charge in [-0.3, -0.25) is 19.4 Å². The summed E-state index contributed by atoms with van der Waals surface area (Å²) in [6.07, 6.45) is -0.613. The third-order valence-corrected chi connectivity index (χ3v) is 2.69. The topological polar surface area (TPSA) is 216 Å². The fraction of sp³-hybridized carbons (Fsp3) is 0.583. The predicted octanol–water partition coefficient (Wildman–Crippen LogP) is -3.99. The molecule has 0 aromatic rings. The normalized spacial score (nSPS) is 12.2. The molecule has 0 bridgehead atoms. The van der Waals surface area contributed by atoms with Gasteiger partial charge in [0.15, 0.2) is 11.9 Å². The van der Waals surface area contributed by atoms with Gasteiger partial charge in [-0.05, 0) is 12.8 Å². The number of carbonyl (C=O) groups is 3. The molecule has 0 spiro atoms. The Bertz CT molecular complexity index is 510. The number of hydrogen-bond donors (Lipinski definition) is 7. The molecule has 136 valence electrons. The minimum Gasteiger partial charge on any atom is -0.370 e. The summed E-state index contributed by atoms with van der Waals surface area (Å²) in [5, 5.41) is 7.17. The first-order valence-electron chi connectivity index (χ1n) is 7.10. The average Bonchev–Trinajstić information content (AvgIpc) is 2.47. The molecule has 3 amide bonds. The van der Waals surface area contributed by atoms with Crippen LogP contribution in [0.4, 0.5) is 0 Å². The fourth-order valence-corrected chi connectivity index (χ4v) is 1.70. The van der Waals surface area contributed by atoms with Gasteiger partial charge in [0, 0.05) is 20.5 Å². The third kappa shape index (κ3) is 9.07. The van der Waals surface area contributed by atoms with Gasteiger partial charge >= 0.3 is 0 Å². The van der Waals surface area contributed by atoms with Crippen molar-refractivity contribution in [3.05, 3.63) is 0 Å². The van der Waals surface area contributed by atoms with Crippen LogP contribution < -0.4 is 38.9 Å².